The van der Waals surface area contributed by atoms with Crippen molar-refractivity contribution in [3.63, 3.8) is 0 Å². The Balaban J connectivity index is 2.12. The van der Waals surface area contributed by atoms with E-state index in [1.807, 2.05) is 0 Å². The van der Waals surface area contributed by atoms with Crippen molar-refractivity contribution in [3.8, 4) is 0 Å². The number of anilines is 1. The number of hydrogen-bond acceptors (Lipinski definition) is 3. The van der Waals surface area contributed by atoms with E-state index in [0.717, 1.165) is 42.6 Å². The maximum absolute atomic E-state index is 11.7. The van der Waals surface area contributed by atoms with Crippen molar-refractivity contribution < 1.29 is 4.79 Å². The lowest BCUT2D eigenvalue weighted by Gasteiger charge is -2.23. The lowest BCUT2D eigenvalue weighted by atomic mass is 10.1. The SMILES string of the molecule is CCCNC(C)c1ccc(N2CCCNC(=O)C2)cc1Br. The Bertz CT molecular complexity index is 492. The van der Waals surface area contributed by atoms with Crippen molar-refractivity contribution in [3.05, 3.63) is 28.2 Å². The lowest BCUT2D eigenvalue weighted by molar-refractivity contribution is -0.119. The van der Waals surface area contributed by atoms with Gasteiger partial charge in [0.15, 0.2) is 0 Å². The predicted octanol–water partition coefficient (Wildman–Crippen LogP) is 2.84. The molecule has 1 fully saturated rings. The van der Waals surface area contributed by atoms with Crippen molar-refractivity contribution in [1.29, 1.82) is 0 Å². The summed E-state index contributed by atoms with van der Waals surface area (Å²) in [4.78, 5) is 13.8. The van der Waals surface area contributed by atoms with Gasteiger partial charge >= 0.3 is 0 Å². The molecular formula is C16H24BrN3O. The number of carbonyl (C=O) groups excluding carboxylic acids is 1. The first-order chi connectivity index (χ1) is 10.1. The van der Waals surface area contributed by atoms with Crippen molar-refractivity contribution in [2.75, 3.05) is 31.1 Å². The summed E-state index contributed by atoms with van der Waals surface area (Å²) >= 11 is 3.67. The van der Waals surface area contributed by atoms with Crippen molar-refractivity contribution in [2.45, 2.75) is 32.7 Å². The van der Waals surface area contributed by atoms with Gasteiger partial charge in [-0.15, -0.1) is 0 Å². The average Bonchev–Trinajstić information content (AvgIpc) is 2.69. The molecule has 5 heteroatoms. The first kappa shape index (κ1) is 16.3. The largest absolute Gasteiger partial charge is 0.362 e. The highest BCUT2D eigenvalue weighted by Gasteiger charge is 2.16. The molecule has 0 bridgehead atoms. The van der Waals surface area contributed by atoms with Gasteiger partial charge in [0.1, 0.15) is 0 Å². The van der Waals surface area contributed by atoms with Crippen LogP contribution in [0.15, 0.2) is 22.7 Å². The Morgan fingerprint density at radius 2 is 2.29 bits per heavy atom. The molecule has 0 radical (unpaired) electrons. The molecule has 0 saturated carbocycles. The summed E-state index contributed by atoms with van der Waals surface area (Å²) in [5.41, 5.74) is 2.36. The number of carbonyl (C=O) groups is 1. The van der Waals surface area contributed by atoms with Crippen LogP contribution < -0.4 is 15.5 Å². The number of benzene rings is 1. The van der Waals surface area contributed by atoms with Crippen LogP contribution in [0.5, 0.6) is 0 Å². The van der Waals surface area contributed by atoms with Gasteiger partial charge in [-0.25, -0.2) is 0 Å². The third-order valence-electron chi connectivity index (χ3n) is 3.78. The normalized spacial score (nSPS) is 17.3. The van der Waals surface area contributed by atoms with Crippen LogP contribution >= 0.6 is 15.9 Å². The average molecular weight is 354 g/mol. The second-order valence-corrected chi connectivity index (χ2v) is 6.36. The van der Waals surface area contributed by atoms with E-state index in [9.17, 15) is 4.79 Å². The van der Waals surface area contributed by atoms with Crippen LogP contribution in [0.4, 0.5) is 5.69 Å². The molecule has 2 N–H and O–H groups in total. The highest BCUT2D eigenvalue weighted by atomic mass is 79.9. The van der Waals surface area contributed by atoms with Gasteiger partial charge in [0.2, 0.25) is 5.91 Å². The highest BCUT2D eigenvalue weighted by Crippen LogP contribution is 2.28. The van der Waals surface area contributed by atoms with E-state index in [4.69, 9.17) is 0 Å². The monoisotopic (exact) mass is 353 g/mol. The Morgan fingerprint density at radius 1 is 1.48 bits per heavy atom. The Labute approximate surface area is 135 Å². The van der Waals surface area contributed by atoms with Crippen LogP contribution in [0.1, 0.15) is 38.3 Å². The molecule has 1 saturated heterocycles. The first-order valence-electron chi connectivity index (χ1n) is 7.66. The molecular weight excluding hydrogens is 330 g/mol. The number of hydrogen-bond donors (Lipinski definition) is 2. The summed E-state index contributed by atoms with van der Waals surface area (Å²) in [6.45, 7) is 7.48. The topological polar surface area (TPSA) is 44.4 Å². The molecule has 1 aliphatic rings. The minimum Gasteiger partial charge on any atom is -0.362 e. The fourth-order valence-corrected chi connectivity index (χ4v) is 3.27. The number of halogens is 1. The van der Waals surface area contributed by atoms with Gasteiger partial charge in [-0.3, -0.25) is 4.79 Å². The van der Waals surface area contributed by atoms with Gasteiger partial charge < -0.3 is 15.5 Å². The fraction of sp³-hybridized carbons (Fsp3) is 0.562. The van der Waals surface area contributed by atoms with E-state index in [-0.39, 0.29) is 5.91 Å². The third-order valence-corrected chi connectivity index (χ3v) is 4.46. The van der Waals surface area contributed by atoms with E-state index in [1.165, 1.54) is 5.56 Å². The number of nitrogens with one attached hydrogen (secondary N) is 2. The molecule has 116 valence electrons. The lowest BCUT2D eigenvalue weighted by Crippen LogP contribution is -2.33. The van der Waals surface area contributed by atoms with E-state index < -0.39 is 0 Å². The van der Waals surface area contributed by atoms with E-state index in [0.29, 0.717) is 12.6 Å². The number of amides is 1. The molecule has 0 aliphatic carbocycles. The van der Waals surface area contributed by atoms with Crippen LogP contribution in [0.25, 0.3) is 0 Å². The van der Waals surface area contributed by atoms with Crippen LogP contribution in [0.3, 0.4) is 0 Å². The van der Waals surface area contributed by atoms with Gasteiger partial charge in [-0.1, -0.05) is 28.9 Å². The highest BCUT2D eigenvalue weighted by molar-refractivity contribution is 9.10. The van der Waals surface area contributed by atoms with Gasteiger partial charge in [0.25, 0.3) is 0 Å². The van der Waals surface area contributed by atoms with Crippen LogP contribution in [0, 0.1) is 0 Å². The van der Waals surface area contributed by atoms with Crippen LogP contribution in [-0.2, 0) is 4.79 Å². The summed E-state index contributed by atoms with van der Waals surface area (Å²) in [6.07, 6.45) is 2.11. The fourth-order valence-electron chi connectivity index (χ4n) is 2.56. The summed E-state index contributed by atoms with van der Waals surface area (Å²) in [5, 5.41) is 6.41. The number of nitrogens with zero attached hydrogens (tertiary/aromatic N) is 1. The van der Waals surface area contributed by atoms with Gasteiger partial charge in [-0.2, -0.15) is 0 Å². The third kappa shape index (κ3) is 4.45. The molecule has 1 unspecified atom stereocenters. The molecule has 2 rings (SSSR count). The number of rotatable bonds is 5. The zero-order valence-corrected chi connectivity index (χ0v) is 14.4. The standard InChI is InChI=1S/C16H24BrN3O/c1-3-7-18-12(2)14-6-5-13(10-15(14)17)20-9-4-8-19-16(21)11-20/h5-6,10,12,18H,3-4,7-9,11H2,1-2H3,(H,19,21). The van der Waals surface area contributed by atoms with Gasteiger partial charge in [-0.05, 0) is 44.0 Å². The molecule has 1 aliphatic heterocycles. The molecule has 1 aromatic rings. The molecule has 1 amide bonds. The Kier molecular flexibility index (Phi) is 6.06. The molecule has 4 nitrogen and oxygen atoms in total. The summed E-state index contributed by atoms with van der Waals surface area (Å²) < 4.78 is 1.10. The maximum atomic E-state index is 11.7. The van der Waals surface area contributed by atoms with Crippen molar-refractivity contribution in [2.24, 2.45) is 0 Å². The van der Waals surface area contributed by atoms with Gasteiger partial charge in [0.05, 0.1) is 6.54 Å². The summed E-state index contributed by atoms with van der Waals surface area (Å²) in [6, 6.07) is 6.71. The second kappa shape index (κ2) is 7.80. The van der Waals surface area contributed by atoms with E-state index in [1.54, 1.807) is 0 Å². The predicted molar refractivity (Wildman–Crippen MR) is 90.7 cm³/mol. The van der Waals surface area contributed by atoms with Crippen LogP contribution in [-0.4, -0.2) is 32.1 Å². The van der Waals surface area contributed by atoms with Crippen molar-refractivity contribution in [1.82, 2.24) is 10.6 Å². The van der Waals surface area contributed by atoms with Gasteiger partial charge in [0, 0.05) is 29.3 Å². The van der Waals surface area contributed by atoms with E-state index in [2.05, 4.69) is 63.5 Å². The van der Waals surface area contributed by atoms with E-state index >= 15 is 0 Å². The minimum atomic E-state index is 0.102. The molecule has 0 aromatic heterocycles. The zero-order valence-electron chi connectivity index (χ0n) is 12.8. The smallest absolute Gasteiger partial charge is 0.239 e. The summed E-state index contributed by atoms with van der Waals surface area (Å²) in [7, 11) is 0. The molecule has 1 atom stereocenters. The molecule has 1 heterocycles. The maximum Gasteiger partial charge on any atom is 0.239 e. The second-order valence-electron chi connectivity index (χ2n) is 5.51. The van der Waals surface area contributed by atoms with Crippen molar-refractivity contribution >= 4 is 27.5 Å². The van der Waals surface area contributed by atoms with Crippen LogP contribution in [0.2, 0.25) is 0 Å². The Hall–Kier alpha value is -1.07. The molecule has 21 heavy (non-hydrogen) atoms. The molecule has 0 spiro atoms. The zero-order chi connectivity index (χ0) is 15.2. The quantitative estimate of drug-likeness (QED) is 0.855. The first-order valence-corrected chi connectivity index (χ1v) is 8.45. The Morgan fingerprint density at radius 3 is 3.00 bits per heavy atom. The minimum absolute atomic E-state index is 0.102. The molecule has 1 aromatic carbocycles. The summed E-state index contributed by atoms with van der Waals surface area (Å²) in [5.74, 6) is 0.102.